The molecule has 1 aromatic carbocycles. The number of aliphatic hydroxyl groups is 1. The van der Waals surface area contributed by atoms with Gasteiger partial charge in [-0.3, -0.25) is 4.90 Å². The van der Waals surface area contributed by atoms with E-state index in [1.807, 2.05) is 0 Å². The lowest BCUT2D eigenvalue weighted by atomic mass is 10.1. The number of nitrogens with zero attached hydrogens (tertiary/aromatic N) is 1. The lowest BCUT2D eigenvalue weighted by molar-refractivity contribution is -0.143. The van der Waals surface area contributed by atoms with Crippen molar-refractivity contribution >= 4 is 11.6 Å². The Labute approximate surface area is 109 Å². The van der Waals surface area contributed by atoms with Gasteiger partial charge in [0.05, 0.1) is 12.6 Å². The van der Waals surface area contributed by atoms with Crippen molar-refractivity contribution in [3.63, 3.8) is 0 Å². The summed E-state index contributed by atoms with van der Waals surface area (Å²) in [4.78, 5) is 1.13. The summed E-state index contributed by atoms with van der Waals surface area (Å²) in [7, 11) is 1.37. The van der Waals surface area contributed by atoms with E-state index in [1.54, 1.807) is 24.3 Å². The fourth-order valence-electron chi connectivity index (χ4n) is 1.61. The molecule has 1 aromatic rings. The molecule has 1 N–H and O–H groups in total. The third-order valence-electron chi connectivity index (χ3n) is 2.47. The molecule has 0 aliphatic heterocycles. The minimum absolute atomic E-state index is 0.160. The van der Waals surface area contributed by atoms with E-state index < -0.39 is 18.8 Å². The molecular weight excluding hydrogens is 267 g/mol. The van der Waals surface area contributed by atoms with Crippen molar-refractivity contribution in [3.8, 4) is 0 Å². The summed E-state index contributed by atoms with van der Waals surface area (Å²) < 4.78 is 36.3. The molecule has 0 fully saturated rings. The third-order valence-corrected chi connectivity index (χ3v) is 2.70. The van der Waals surface area contributed by atoms with Crippen LogP contribution in [0.25, 0.3) is 0 Å². The van der Waals surface area contributed by atoms with Gasteiger partial charge in [0.1, 0.15) is 0 Å². The maximum atomic E-state index is 12.1. The Hall–Kier alpha value is -0.780. The maximum Gasteiger partial charge on any atom is 0.401 e. The molecule has 0 bridgehead atoms. The number of benzene rings is 1. The van der Waals surface area contributed by atoms with Crippen molar-refractivity contribution in [1.29, 1.82) is 0 Å². The predicted molar refractivity (Wildman–Crippen MR) is 64.6 cm³/mol. The number of alkyl halides is 3. The lowest BCUT2D eigenvalue weighted by Crippen LogP contribution is -2.32. The van der Waals surface area contributed by atoms with Crippen LogP contribution in [0, 0.1) is 0 Å². The van der Waals surface area contributed by atoms with Crippen molar-refractivity contribution in [2.75, 3.05) is 20.1 Å². The van der Waals surface area contributed by atoms with Gasteiger partial charge in [-0.15, -0.1) is 0 Å². The minimum Gasteiger partial charge on any atom is -0.388 e. The van der Waals surface area contributed by atoms with Crippen LogP contribution in [0.3, 0.4) is 0 Å². The van der Waals surface area contributed by atoms with Crippen LogP contribution in [0.4, 0.5) is 13.2 Å². The first-order chi connectivity index (χ1) is 8.28. The molecule has 0 heterocycles. The molecule has 102 valence electrons. The molecule has 1 unspecified atom stereocenters. The van der Waals surface area contributed by atoms with E-state index in [9.17, 15) is 18.3 Å². The number of hydrogen-bond acceptors (Lipinski definition) is 2. The molecule has 0 aliphatic rings. The summed E-state index contributed by atoms with van der Waals surface area (Å²) in [5, 5.41) is 10.3. The zero-order valence-electron chi connectivity index (χ0n) is 9.91. The van der Waals surface area contributed by atoms with E-state index in [2.05, 4.69) is 0 Å². The molecule has 1 rings (SSSR count). The summed E-state index contributed by atoms with van der Waals surface area (Å²) in [5.74, 6) is 0. The van der Waals surface area contributed by atoms with Gasteiger partial charge in [0.2, 0.25) is 0 Å². The van der Waals surface area contributed by atoms with Crippen LogP contribution in [0.15, 0.2) is 24.3 Å². The van der Waals surface area contributed by atoms with Crippen LogP contribution < -0.4 is 0 Å². The number of hydrogen-bond donors (Lipinski definition) is 1. The van der Waals surface area contributed by atoms with Crippen molar-refractivity contribution in [1.82, 2.24) is 4.90 Å². The van der Waals surface area contributed by atoms with Crippen LogP contribution in [0.2, 0.25) is 5.02 Å². The standard InChI is InChI=1S/C12H15ClF3NO/c1-17(8-12(14,15)16)6-5-11(18)9-3-2-4-10(13)7-9/h2-4,7,11,18H,5-6,8H2,1H3. The molecule has 0 aromatic heterocycles. The van der Waals surface area contributed by atoms with Gasteiger partial charge in [-0.2, -0.15) is 13.2 Å². The topological polar surface area (TPSA) is 23.5 Å². The smallest absolute Gasteiger partial charge is 0.388 e. The van der Waals surface area contributed by atoms with E-state index >= 15 is 0 Å². The highest BCUT2D eigenvalue weighted by atomic mass is 35.5. The predicted octanol–water partition coefficient (Wildman–Crippen LogP) is 3.26. The van der Waals surface area contributed by atoms with Gasteiger partial charge in [-0.25, -0.2) is 0 Å². The molecule has 6 heteroatoms. The monoisotopic (exact) mass is 281 g/mol. The summed E-state index contributed by atoms with van der Waals surface area (Å²) in [6.07, 6.45) is -4.79. The van der Waals surface area contributed by atoms with Crippen molar-refractivity contribution in [2.24, 2.45) is 0 Å². The zero-order valence-corrected chi connectivity index (χ0v) is 10.7. The van der Waals surface area contributed by atoms with Crippen LogP contribution in [0.1, 0.15) is 18.1 Å². The second-order valence-corrected chi connectivity index (χ2v) is 4.65. The maximum absolute atomic E-state index is 12.1. The van der Waals surface area contributed by atoms with Crippen molar-refractivity contribution in [2.45, 2.75) is 18.7 Å². The molecule has 1 atom stereocenters. The lowest BCUT2D eigenvalue weighted by Gasteiger charge is -2.20. The van der Waals surface area contributed by atoms with Gasteiger partial charge in [0, 0.05) is 11.6 Å². The quantitative estimate of drug-likeness (QED) is 0.895. The molecule has 0 aliphatic carbocycles. The van der Waals surface area contributed by atoms with Crippen LogP contribution in [-0.4, -0.2) is 36.3 Å². The highest BCUT2D eigenvalue weighted by Gasteiger charge is 2.29. The number of halogens is 4. The molecular formula is C12H15ClF3NO. The Morgan fingerprint density at radius 3 is 2.61 bits per heavy atom. The molecule has 0 saturated carbocycles. The van der Waals surface area contributed by atoms with Gasteiger partial charge in [0.25, 0.3) is 0 Å². The van der Waals surface area contributed by atoms with Gasteiger partial charge in [-0.05, 0) is 31.2 Å². The SMILES string of the molecule is CN(CCC(O)c1cccc(Cl)c1)CC(F)(F)F. The normalized spacial score (nSPS) is 13.9. The first-order valence-corrected chi connectivity index (χ1v) is 5.84. The Balaban J connectivity index is 2.44. The molecule has 0 saturated heterocycles. The molecule has 0 spiro atoms. The van der Waals surface area contributed by atoms with E-state index in [0.29, 0.717) is 10.6 Å². The highest BCUT2D eigenvalue weighted by Crippen LogP contribution is 2.21. The van der Waals surface area contributed by atoms with E-state index in [-0.39, 0.29) is 13.0 Å². The summed E-state index contributed by atoms with van der Waals surface area (Å²) in [6.45, 7) is -0.817. The second-order valence-electron chi connectivity index (χ2n) is 4.21. The Morgan fingerprint density at radius 2 is 2.06 bits per heavy atom. The van der Waals surface area contributed by atoms with Crippen LogP contribution in [-0.2, 0) is 0 Å². The van der Waals surface area contributed by atoms with Crippen molar-refractivity contribution < 1.29 is 18.3 Å². The zero-order chi connectivity index (χ0) is 13.8. The van der Waals surface area contributed by atoms with Gasteiger partial charge in [-0.1, -0.05) is 23.7 Å². The van der Waals surface area contributed by atoms with Crippen molar-refractivity contribution in [3.05, 3.63) is 34.9 Å². The minimum atomic E-state index is -4.21. The number of rotatable bonds is 5. The van der Waals surface area contributed by atoms with Gasteiger partial charge in [0.15, 0.2) is 0 Å². The Morgan fingerprint density at radius 1 is 1.39 bits per heavy atom. The van der Waals surface area contributed by atoms with E-state index in [1.165, 1.54) is 7.05 Å². The second kappa shape index (κ2) is 6.41. The summed E-state index contributed by atoms with van der Waals surface area (Å²) >= 11 is 5.77. The Bertz CT molecular complexity index is 384. The number of aliphatic hydroxyl groups excluding tert-OH is 1. The van der Waals surface area contributed by atoms with Crippen LogP contribution in [0.5, 0.6) is 0 Å². The Kier molecular flexibility index (Phi) is 5.44. The van der Waals surface area contributed by atoms with E-state index in [4.69, 9.17) is 11.6 Å². The first-order valence-electron chi connectivity index (χ1n) is 5.47. The average Bonchev–Trinajstić information content (AvgIpc) is 2.23. The van der Waals surface area contributed by atoms with Gasteiger partial charge < -0.3 is 5.11 Å². The fraction of sp³-hybridized carbons (Fsp3) is 0.500. The largest absolute Gasteiger partial charge is 0.401 e. The summed E-state index contributed by atoms with van der Waals surface area (Å²) in [6, 6.07) is 6.67. The third kappa shape index (κ3) is 5.71. The van der Waals surface area contributed by atoms with E-state index in [0.717, 1.165) is 4.90 Å². The summed E-state index contributed by atoms with van der Waals surface area (Å²) in [5.41, 5.74) is 0.614. The van der Waals surface area contributed by atoms with Gasteiger partial charge >= 0.3 is 6.18 Å². The first kappa shape index (κ1) is 15.3. The fourth-order valence-corrected chi connectivity index (χ4v) is 1.81. The molecule has 0 radical (unpaired) electrons. The highest BCUT2D eigenvalue weighted by molar-refractivity contribution is 6.30. The molecule has 18 heavy (non-hydrogen) atoms. The average molecular weight is 282 g/mol. The molecule has 2 nitrogen and oxygen atoms in total. The van der Waals surface area contributed by atoms with Crippen LogP contribution >= 0.6 is 11.6 Å². The molecule has 0 amide bonds.